The Morgan fingerprint density at radius 1 is 1.41 bits per heavy atom. The average Bonchev–Trinajstić information content (AvgIpc) is 2.99. The number of amides is 1. The molecular weight excluding hydrogens is 296 g/mol. The highest BCUT2D eigenvalue weighted by Crippen LogP contribution is 2.21. The van der Waals surface area contributed by atoms with Gasteiger partial charge >= 0.3 is 0 Å². The van der Waals surface area contributed by atoms with Crippen molar-refractivity contribution in [3.63, 3.8) is 0 Å². The van der Waals surface area contributed by atoms with Crippen molar-refractivity contribution >= 4 is 28.3 Å². The summed E-state index contributed by atoms with van der Waals surface area (Å²) in [6.07, 6.45) is 7.08. The normalized spacial score (nSPS) is 11.4. The molecule has 0 bridgehead atoms. The molecule has 0 aliphatic heterocycles. The maximum absolute atomic E-state index is 11.9. The molecule has 0 aromatic carbocycles. The van der Waals surface area contributed by atoms with Crippen LogP contribution in [0.2, 0.25) is 0 Å². The first kappa shape index (κ1) is 14.5. The van der Waals surface area contributed by atoms with E-state index in [-0.39, 0.29) is 5.91 Å². The Labute approximate surface area is 132 Å². The van der Waals surface area contributed by atoms with Gasteiger partial charge in [-0.3, -0.25) is 14.2 Å². The number of nitrogens with one attached hydrogen (secondary N) is 1. The van der Waals surface area contributed by atoms with E-state index >= 15 is 0 Å². The van der Waals surface area contributed by atoms with Crippen LogP contribution in [0.1, 0.15) is 22.0 Å². The molecule has 0 saturated carbocycles. The molecule has 6 heteroatoms. The van der Waals surface area contributed by atoms with Gasteiger partial charge in [0.1, 0.15) is 0 Å². The number of rotatable bonds is 4. The van der Waals surface area contributed by atoms with Gasteiger partial charge in [-0.15, -0.1) is 11.3 Å². The number of nitrogens with zero attached hydrogens (tertiary/aromatic N) is 3. The smallest absolute Gasteiger partial charge is 0.244 e. The third-order valence-corrected chi connectivity index (χ3v) is 4.12. The average molecular weight is 312 g/mol. The lowest BCUT2D eigenvalue weighted by molar-refractivity contribution is -0.116. The standard InChI is InChI=1S/C16H16N4OS/c1-11-10-20-14(12(2)19-16(20)22-11)6-7-15(21)18-9-13-5-3-4-8-17-13/h3-8,10H,9H2,1-2H3,(H,18,21). The van der Waals surface area contributed by atoms with Gasteiger partial charge in [-0.2, -0.15) is 0 Å². The zero-order valence-corrected chi connectivity index (χ0v) is 13.2. The third kappa shape index (κ3) is 3.07. The lowest BCUT2D eigenvalue weighted by atomic mass is 10.3. The van der Waals surface area contributed by atoms with Crippen LogP contribution < -0.4 is 5.32 Å². The Morgan fingerprint density at radius 2 is 2.27 bits per heavy atom. The van der Waals surface area contributed by atoms with E-state index in [2.05, 4.69) is 15.3 Å². The third-order valence-electron chi connectivity index (χ3n) is 3.23. The SMILES string of the molecule is Cc1cn2c(C=CC(=O)NCc3ccccn3)c(C)nc2s1. The van der Waals surface area contributed by atoms with Crippen LogP contribution in [0, 0.1) is 13.8 Å². The van der Waals surface area contributed by atoms with Crippen LogP contribution in [0.3, 0.4) is 0 Å². The van der Waals surface area contributed by atoms with Gasteiger partial charge in [0, 0.05) is 23.3 Å². The molecule has 3 rings (SSSR count). The van der Waals surface area contributed by atoms with Crippen molar-refractivity contribution in [2.75, 3.05) is 0 Å². The second-order valence-corrected chi connectivity index (χ2v) is 6.16. The summed E-state index contributed by atoms with van der Waals surface area (Å²) in [6.45, 7) is 4.41. The number of thiazole rings is 1. The molecule has 0 aliphatic rings. The number of pyridine rings is 1. The van der Waals surface area contributed by atoms with Crippen LogP contribution in [0.15, 0.2) is 36.7 Å². The molecule has 0 saturated heterocycles. The minimum Gasteiger partial charge on any atom is -0.347 e. The van der Waals surface area contributed by atoms with Crippen molar-refractivity contribution < 1.29 is 4.79 Å². The minimum absolute atomic E-state index is 0.146. The molecule has 0 aliphatic carbocycles. The predicted octanol–water partition coefficient (Wildman–Crippen LogP) is 2.74. The fraction of sp³-hybridized carbons (Fsp3) is 0.188. The topological polar surface area (TPSA) is 59.3 Å². The zero-order valence-electron chi connectivity index (χ0n) is 12.4. The zero-order chi connectivity index (χ0) is 15.5. The molecule has 1 amide bonds. The number of imidazole rings is 1. The number of aromatic nitrogens is 3. The molecule has 0 atom stereocenters. The Kier molecular flexibility index (Phi) is 4.02. The van der Waals surface area contributed by atoms with E-state index in [0.29, 0.717) is 6.54 Å². The second kappa shape index (κ2) is 6.11. The number of hydrogen-bond acceptors (Lipinski definition) is 4. The van der Waals surface area contributed by atoms with Gasteiger partial charge in [0.05, 0.1) is 23.6 Å². The molecule has 112 valence electrons. The first-order chi connectivity index (χ1) is 10.6. The molecule has 3 aromatic heterocycles. The van der Waals surface area contributed by atoms with Gasteiger partial charge in [-0.1, -0.05) is 6.07 Å². The van der Waals surface area contributed by atoms with Gasteiger partial charge in [0.25, 0.3) is 0 Å². The summed E-state index contributed by atoms with van der Waals surface area (Å²) >= 11 is 1.64. The number of carbonyl (C=O) groups is 1. The fourth-order valence-corrected chi connectivity index (χ4v) is 3.05. The number of fused-ring (bicyclic) bond motifs is 1. The van der Waals surface area contributed by atoms with Gasteiger partial charge in [0.15, 0.2) is 4.96 Å². The Bertz CT molecular complexity index is 833. The number of aryl methyl sites for hydroxylation is 2. The lowest BCUT2D eigenvalue weighted by Gasteiger charge is -2.01. The van der Waals surface area contributed by atoms with Crippen LogP contribution in [-0.4, -0.2) is 20.3 Å². The van der Waals surface area contributed by atoms with Gasteiger partial charge in [-0.25, -0.2) is 4.98 Å². The molecule has 1 N–H and O–H groups in total. The van der Waals surface area contributed by atoms with Crippen LogP contribution in [0.4, 0.5) is 0 Å². The fourth-order valence-electron chi connectivity index (χ4n) is 2.18. The van der Waals surface area contributed by atoms with E-state index in [1.165, 1.54) is 11.0 Å². The molecule has 0 spiro atoms. The first-order valence-corrected chi connectivity index (χ1v) is 7.76. The van der Waals surface area contributed by atoms with Crippen molar-refractivity contribution in [3.05, 3.63) is 58.6 Å². The van der Waals surface area contributed by atoms with Crippen LogP contribution in [-0.2, 0) is 11.3 Å². The van der Waals surface area contributed by atoms with Gasteiger partial charge in [-0.05, 0) is 32.1 Å². The highest BCUT2D eigenvalue weighted by atomic mass is 32.1. The van der Waals surface area contributed by atoms with Crippen molar-refractivity contribution in [1.82, 2.24) is 19.7 Å². The largest absolute Gasteiger partial charge is 0.347 e. The number of carbonyl (C=O) groups excluding carboxylic acids is 1. The van der Waals surface area contributed by atoms with E-state index in [0.717, 1.165) is 22.0 Å². The molecule has 0 fully saturated rings. The summed E-state index contributed by atoms with van der Waals surface area (Å²) in [7, 11) is 0. The van der Waals surface area contributed by atoms with Crippen molar-refractivity contribution in [2.24, 2.45) is 0 Å². The molecule has 5 nitrogen and oxygen atoms in total. The van der Waals surface area contributed by atoms with E-state index in [1.807, 2.05) is 42.6 Å². The molecule has 22 heavy (non-hydrogen) atoms. The monoisotopic (exact) mass is 312 g/mol. The predicted molar refractivity (Wildman–Crippen MR) is 87.7 cm³/mol. The summed E-state index contributed by atoms with van der Waals surface area (Å²) < 4.78 is 2.01. The molecule has 3 aromatic rings. The van der Waals surface area contributed by atoms with E-state index in [9.17, 15) is 4.79 Å². The maximum Gasteiger partial charge on any atom is 0.244 e. The Morgan fingerprint density at radius 3 is 3.05 bits per heavy atom. The van der Waals surface area contributed by atoms with E-state index in [1.54, 1.807) is 23.6 Å². The molecular formula is C16H16N4OS. The highest BCUT2D eigenvalue weighted by molar-refractivity contribution is 7.17. The summed E-state index contributed by atoms with van der Waals surface area (Å²) in [6, 6.07) is 5.63. The minimum atomic E-state index is -0.146. The summed E-state index contributed by atoms with van der Waals surface area (Å²) in [5.74, 6) is -0.146. The van der Waals surface area contributed by atoms with Gasteiger partial charge < -0.3 is 5.32 Å². The van der Waals surface area contributed by atoms with Crippen LogP contribution in [0.5, 0.6) is 0 Å². The Balaban J connectivity index is 1.69. The maximum atomic E-state index is 11.9. The van der Waals surface area contributed by atoms with Crippen LogP contribution in [0.25, 0.3) is 11.0 Å². The van der Waals surface area contributed by atoms with Crippen molar-refractivity contribution in [1.29, 1.82) is 0 Å². The summed E-state index contributed by atoms with van der Waals surface area (Å²) in [4.78, 5) is 22.7. The molecule has 0 unspecified atom stereocenters. The van der Waals surface area contributed by atoms with E-state index in [4.69, 9.17) is 0 Å². The second-order valence-electron chi connectivity index (χ2n) is 4.95. The molecule has 0 radical (unpaired) electrons. The lowest BCUT2D eigenvalue weighted by Crippen LogP contribution is -2.20. The molecule has 3 heterocycles. The highest BCUT2D eigenvalue weighted by Gasteiger charge is 2.08. The first-order valence-electron chi connectivity index (χ1n) is 6.94. The van der Waals surface area contributed by atoms with Crippen molar-refractivity contribution in [3.8, 4) is 0 Å². The van der Waals surface area contributed by atoms with Crippen LogP contribution >= 0.6 is 11.3 Å². The van der Waals surface area contributed by atoms with E-state index < -0.39 is 0 Å². The van der Waals surface area contributed by atoms with Gasteiger partial charge in [0.2, 0.25) is 5.91 Å². The quantitative estimate of drug-likeness (QED) is 0.754. The summed E-state index contributed by atoms with van der Waals surface area (Å²) in [5.41, 5.74) is 2.69. The number of hydrogen-bond donors (Lipinski definition) is 1. The van der Waals surface area contributed by atoms with Crippen molar-refractivity contribution in [2.45, 2.75) is 20.4 Å². The summed E-state index contributed by atoms with van der Waals surface area (Å²) in [5, 5.41) is 2.82. The Hall–Kier alpha value is -2.47.